The van der Waals surface area contributed by atoms with Gasteiger partial charge in [0.25, 0.3) is 0 Å². The topological polar surface area (TPSA) is 55.1 Å². The van der Waals surface area contributed by atoms with Gasteiger partial charge in [0, 0.05) is 12.3 Å². The summed E-state index contributed by atoms with van der Waals surface area (Å²) < 4.78 is 10.7. The van der Waals surface area contributed by atoms with Crippen LogP contribution in [0.1, 0.15) is 5.56 Å². The first-order valence-corrected chi connectivity index (χ1v) is 4.99. The van der Waals surface area contributed by atoms with Crippen molar-refractivity contribution in [2.75, 3.05) is 7.11 Å². The zero-order valence-corrected chi connectivity index (χ0v) is 9.25. The van der Waals surface area contributed by atoms with Crippen molar-refractivity contribution in [1.82, 2.24) is 4.98 Å². The Kier molecular flexibility index (Phi) is 3.22. The van der Waals surface area contributed by atoms with Gasteiger partial charge in [0.1, 0.15) is 17.6 Å². The first-order valence-electron chi connectivity index (χ1n) is 4.99. The van der Waals surface area contributed by atoms with Crippen LogP contribution in [0.5, 0.6) is 17.2 Å². The Morgan fingerprint density at radius 3 is 2.82 bits per heavy atom. The summed E-state index contributed by atoms with van der Waals surface area (Å²) in [7, 11) is 1.59. The molecule has 0 N–H and O–H groups in total. The van der Waals surface area contributed by atoms with E-state index < -0.39 is 0 Å². The highest BCUT2D eigenvalue weighted by Gasteiger charge is 2.04. The Labute approximate surface area is 99.1 Å². The third-order valence-corrected chi connectivity index (χ3v) is 2.17. The molecule has 0 unspecified atom stereocenters. The molecule has 0 radical (unpaired) electrons. The normalized spacial score (nSPS) is 9.41. The molecule has 0 spiro atoms. The fourth-order valence-corrected chi connectivity index (χ4v) is 1.35. The molecule has 1 aromatic heterocycles. The molecular weight excluding hydrogens is 216 g/mol. The van der Waals surface area contributed by atoms with E-state index in [4.69, 9.17) is 14.7 Å². The summed E-state index contributed by atoms with van der Waals surface area (Å²) in [6.07, 6.45) is 3.06. The number of nitriles is 1. The van der Waals surface area contributed by atoms with Crippen molar-refractivity contribution < 1.29 is 9.47 Å². The van der Waals surface area contributed by atoms with E-state index in [1.54, 1.807) is 31.5 Å². The molecule has 4 heteroatoms. The highest BCUT2D eigenvalue weighted by Crippen LogP contribution is 2.26. The molecule has 0 saturated heterocycles. The molecule has 0 saturated carbocycles. The predicted molar refractivity (Wildman–Crippen MR) is 62.0 cm³/mol. The lowest BCUT2D eigenvalue weighted by Gasteiger charge is -2.07. The Hall–Kier alpha value is -2.54. The largest absolute Gasteiger partial charge is 0.497 e. The first kappa shape index (κ1) is 11.0. The minimum absolute atomic E-state index is 0.434. The van der Waals surface area contributed by atoms with Crippen LogP contribution < -0.4 is 9.47 Å². The summed E-state index contributed by atoms with van der Waals surface area (Å²) >= 11 is 0. The summed E-state index contributed by atoms with van der Waals surface area (Å²) in [5, 5.41) is 8.91. The van der Waals surface area contributed by atoms with Crippen LogP contribution in [-0.2, 0) is 0 Å². The average molecular weight is 226 g/mol. The second-order valence-electron chi connectivity index (χ2n) is 3.26. The predicted octanol–water partition coefficient (Wildman–Crippen LogP) is 2.75. The molecule has 0 amide bonds. The van der Waals surface area contributed by atoms with E-state index in [0.717, 1.165) is 0 Å². The van der Waals surface area contributed by atoms with Crippen molar-refractivity contribution in [3.63, 3.8) is 0 Å². The van der Waals surface area contributed by atoms with E-state index in [1.807, 2.05) is 18.2 Å². The number of pyridine rings is 1. The van der Waals surface area contributed by atoms with Crippen LogP contribution in [0.2, 0.25) is 0 Å². The Morgan fingerprint density at radius 1 is 1.24 bits per heavy atom. The molecule has 1 heterocycles. The highest BCUT2D eigenvalue weighted by molar-refractivity contribution is 5.44. The van der Waals surface area contributed by atoms with E-state index >= 15 is 0 Å². The minimum atomic E-state index is 0.434. The van der Waals surface area contributed by atoms with Gasteiger partial charge < -0.3 is 9.47 Å². The van der Waals surface area contributed by atoms with Gasteiger partial charge >= 0.3 is 0 Å². The number of nitrogens with zero attached hydrogens (tertiary/aromatic N) is 2. The maximum absolute atomic E-state index is 8.91. The Morgan fingerprint density at radius 2 is 2.06 bits per heavy atom. The number of methoxy groups -OCH3 is 1. The number of hydrogen-bond donors (Lipinski definition) is 0. The van der Waals surface area contributed by atoms with E-state index in [2.05, 4.69) is 4.98 Å². The smallest absolute Gasteiger partial charge is 0.163 e. The van der Waals surface area contributed by atoms with Crippen LogP contribution >= 0.6 is 0 Å². The lowest BCUT2D eigenvalue weighted by molar-refractivity contribution is 0.409. The van der Waals surface area contributed by atoms with Gasteiger partial charge in [-0.05, 0) is 18.2 Å². The van der Waals surface area contributed by atoms with Gasteiger partial charge in [-0.3, -0.25) is 4.98 Å². The molecule has 0 aliphatic rings. The van der Waals surface area contributed by atoms with Crippen LogP contribution in [0.4, 0.5) is 0 Å². The molecule has 0 atom stereocenters. The zero-order valence-electron chi connectivity index (χ0n) is 9.25. The standard InChI is InChI=1S/C13H10N2O2/c1-16-11-3-2-4-12(7-11)17-13-9-15-6-5-10(13)8-14/h2-7,9H,1H3. The van der Waals surface area contributed by atoms with E-state index in [-0.39, 0.29) is 0 Å². The number of benzene rings is 1. The van der Waals surface area contributed by atoms with Gasteiger partial charge in [-0.1, -0.05) is 6.07 Å². The molecule has 0 bridgehead atoms. The number of rotatable bonds is 3. The molecular formula is C13H10N2O2. The summed E-state index contributed by atoms with van der Waals surface area (Å²) in [6, 6.07) is 10.8. The maximum atomic E-state index is 8.91. The minimum Gasteiger partial charge on any atom is -0.497 e. The van der Waals surface area contributed by atoms with Crippen LogP contribution in [0.3, 0.4) is 0 Å². The molecule has 0 aliphatic heterocycles. The average Bonchev–Trinajstić information content (AvgIpc) is 2.39. The van der Waals surface area contributed by atoms with Crippen molar-refractivity contribution in [2.24, 2.45) is 0 Å². The fourth-order valence-electron chi connectivity index (χ4n) is 1.35. The molecule has 4 nitrogen and oxygen atoms in total. The quantitative estimate of drug-likeness (QED) is 0.807. The SMILES string of the molecule is COc1cccc(Oc2cnccc2C#N)c1. The molecule has 1 aromatic carbocycles. The van der Waals surface area contributed by atoms with E-state index in [9.17, 15) is 0 Å². The first-order chi connectivity index (χ1) is 8.33. The monoisotopic (exact) mass is 226 g/mol. The van der Waals surface area contributed by atoms with Crippen LogP contribution in [0, 0.1) is 11.3 Å². The molecule has 0 fully saturated rings. The highest BCUT2D eigenvalue weighted by atomic mass is 16.5. The number of ether oxygens (including phenoxy) is 2. The van der Waals surface area contributed by atoms with Crippen molar-refractivity contribution in [3.05, 3.63) is 48.3 Å². The third-order valence-electron chi connectivity index (χ3n) is 2.17. The van der Waals surface area contributed by atoms with Crippen LogP contribution in [-0.4, -0.2) is 12.1 Å². The van der Waals surface area contributed by atoms with Gasteiger partial charge in [0.05, 0.1) is 18.9 Å². The van der Waals surface area contributed by atoms with Crippen molar-refractivity contribution in [3.8, 4) is 23.3 Å². The number of aromatic nitrogens is 1. The molecule has 17 heavy (non-hydrogen) atoms. The molecule has 2 rings (SSSR count). The van der Waals surface area contributed by atoms with Crippen LogP contribution in [0.15, 0.2) is 42.7 Å². The lowest BCUT2D eigenvalue weighted by atomic mass is 10.2. The maximum Gasteiger partial charge on any atom is 0.163 e. The Balaban J connectivity index is 2.28. The molecule has 84 valence electrons. The fraction of sp³-hybridized carbons (Fsp3) is 0.0769. The zero-order chi connectivity index (χ0) is 12.1. The summed E-state index contributed by atoms with van der Waals surface area (Å²) in [5.74, 6) is 1.74. The van der Waals surface area contributed by atoms with E-state index in [0.29, 0.717) is 22.8 Å². The second kappa shape index (κ2) is 4.99. The van der Waals surface area contributed by atoms with Gasteiger partial charge in [-0.2, -0.15) is 5.26 Å². The van der Waals surface area contributed by atoms with Crippen LogP contribution in [0.25, 0.3) is 0 Å². The van der Waals surface area contributed by atoms with E-state index in [1.165, 1.54) is 6.20 Å². The van der Waals surface area contributed by atoms with Gasteiger partial charge in [-0.25, -0.2) is 0 Å². The van der Waals surface area contributed by atoms with Gasteiger partial charge in [0.15, 0.2) is 5.75 Å². The van der Waals surface area contributed by atoms with Crippen molar-refractivity contribution in [1.29, 1.82) is 5.26 Å². The number of hydrogen-bond acceptors (Lipinski definition) is 4. The molecule has 0 aliphatic carbocycles. The Bertz CT molecular complexity index is 561. The summed E-state index contributed by atoms with van der Waals surface area (Å²) in [5.41, 5.74) is 0.447. The van der Waals surface area contributed by atoms with Crippen molar-refractivity contribution in [2.45, 2.75) is 0 Å². The van der Waals surface area contributed by atoms with Gasteiger partial charge in [0.2, 0.25) is 0 Å². The molecule has 2 aromatic rings. The summed E-state index contributed by atoms with van der Waals surface area (Å²) in [6.45, 7) is 0. The second-order valence-corrected chi connectivity index (χ2v) is 3.26. The summed E-state index contributed by atoms with van der Waals surface area (Å²) in [4.78, 5) is 3.92. The van der Waals surface area contributed by atoms with Crippen molar-refractivity contribution >= 4 is 0 Å². The van der Waals surface area contributed by atoms with Gasteiger partial charge in [-0.15, -0.1) is 0 Å². The third kappa shape index (κ3) is 2.52. The lowest BCUT2D eigenvalue weighted by Crippen LogP contribution is -1.90.